The molecule has 196 valence electrons. The average molecular weight is 530 g/mol. The first-order valence-electron chi connectivity index (χ1n) is 13.0. The third kappa shape index (κ3) is 5.86. The standard InChI is InChI=1S/C31H32ClN3O3/c1-38-27-12-8-22(9-13-27)14-17-33-30(36)24-15-18-34(19-16-24)31(37)29-20-25-4-2-3-5-28(25)35(29)21-23-6-10-26(32)11-7-23/h2-13,20,24H,14-19,21H2,1H3,(H,33,36). The van der Waals surface area contributed by atoms with E-state index in [2.05, 4.69) is 9.88 Å². The highest BCUT2D eigenvalue weighted by atomic mass is 35.5. The first-order valence-corrected chi connectivity index (χ1v) is 13.4. The molecule has 3 aromatic carbocycles. The lowest BCUT2D eigenvalue weighted by atomic mass is 9.95. The van der Waals surface area contributed by atoms with Gasteiger partial charge in [0.1, 0.15) is 11.4 Å². The van der Waals surface area contributed by atoms with Gasteiger partial charge in [-0.25, -0.2) is 0 Å². The Morgan fingerprint density at radius 2 is 1.63 bits per heavy atom. The molecule has 0 saturated carbocycles. The van der Waals surface area contributed by atoms with E-state index in [0.717, 1.165) is 34.2 Å². The highest BCUT2D eigenvalue weighted by molar-refractivity contribution is 6.30. The van der Waals surface area contributed by atoms with Gasteiger partial charge in [0.25, 0.3) is 5.91 Å². The molecule has 1 aliphatic heterocycles. The summed E-state index contributed by atoms with van der Waals surface area (Å²) in [7, 11) is 1.65. The van der Waals surface area contributed by atoms with Gasteiger partial charge >= 0.3 is 0 Å². The van der Waals surface area contributed by atoms with Crippen LogP contribution in [0.4, 0.5) is 0 Å². The van der Waals surface area contributed by atoms with Crippen LogP contribution in [0, 0.1) is 5.92 Å². The minimum absolute atomic E-state index is 0.00790. The molecule has 0 spiro atoms. The van der Waals surface area contributed by atoms with Crippen molar-refractivity contribution in [1.82, 2.24) is 14.8 Å². The van der Waals surface area contributed by atoms with Crippen molar-refractivity contribution in [1.29, 1.82) is 0 Å². The summed E-state index contributed by atoms with van der Waals surface area (Å²) in [6.07, 6.45) is 2.10. The van der Waals surface area contributed by atoms with Gasteiger partial charge in [-0.05, 0) is 66.8 Å². The van der Waals surface area contributed by atoms with Gasteiger partial charge in [-0.15, -0.1) is 0 Å². The van der Waals surface area contributed by atoms with Crippen LogP contribution in [0.3, 0.4) is 0 Å². The van der Waals surface area contributed by atoms with Crippen LogP contribution in [-0.2, 0) is 17.8 Å². The number of aromatic nitrogens is 1. The van der Waals surface area contributed by atoms with Crippen molar-refractivity contribution in [2.45, 2.75) is 25.8 Å². The lowest BCUT2D eigenvalue weighted by molar-refractivity contribution is -0.126. The largest absolute Gasteiger partial charge is 0.497 e. The van der Waals surface area contributed by atoms with Crippen molar-refractivity contribution in [3.8, 4) is 5.75 Å². The Balaban J connectivity index is 1.20. The number of para-hydroxylation sites is 1. The average Bonchev–Trinajstić information content (AvgIpc) is 3.32. The second-order valence-electron chi connectivity index (χ2n) is 9.76. The summed E-state index contributed by atoms with van der Waals surface area (Å²) in [4.78, 5) is 28.3. The molecule has 2 amide bonds. The van der Waals surface area contributed by atoms with Gasteiger partial charge in [0.2, 0.25) is 5.91 Å². The SMILES string of the molecule is COc1ccc(CCNC(=O)C2CCN(C(=O)c3cc4ccccc4n3Cc3ccc(Cl)cc3)CC2)cc1. The zero-order chi connectivity index (χ0) is 26.5. The molecule has 38 heavy (non-hydrogen) atoms. The summed E-state index contributed by atoms with van der Waals surface area (Å²) >= 11 is 6.07. The Morgan fingerprint density at radius 3 is 2.34 bits per heavy atom. The summed E-state index contributed by atoms with van der Waals surface area (Å²) in [5, 5.41) is 4.80. The van der Waals surface area contributed by atoms with Gasteiger partial charge in [-0.2, -0.15) is 0 Å². The molecule has 0 radical (unpaired) electrons. The zero-order valence-corrected chi connectivity index (χ0v) is 22.3. The number of halogens is 1. The van der Waals surface area contributed by atoms with Crippen molar-refractivity contribution in [3.63, 3.8) is 0 Å². The maximum absolute atomic E-state index is 13.7. The minimum Gasteiger partial charge on any atom is -0.497 e. The fourth-order valence-electron chi connectivity index (χ4n) is 5.10. The minimum atomic E-state index is -0.0742. The Bertz CT molecular complexity index is 1400. The second kappa shape index (κ2) is 11.7. The number of likely N-dealkylation sites (tertiary alicyclic amines) is 1. The molecule has 1 aliphatic rings. The number of ether oxygens (including phenoxy) is 1. The van der Waals surface area contributed by atoms with E-state index in [1.54, 1.807) is 7.11 Å². The molecule has 0 unspecified atom stereocenters. The number of piperidine rings is 1. The van der Waals surface area contributed by atoms with Gasteiger partial charge in [0.05, 0.1) is 7.11 Å². The number of methoxy groups -OCH3 is 1. The fourth-order valence-corrected chi connectivity index (χ4v) is 5.23. The number of hydrogen-bond donors (Lipinski definition) is 1. The van der Waals surface area contributed by atoms with E-state index < -0.39 is 0 Å². The Kier molecular flexibility index (Phi) is 7.99. The number of amides is 2. The van der Waals surface area contributed by atoms with E-state index in [1.807, 2.05) is 83.8 Å². The summed E-state index contributed by atoms with van der Waals surface area (Å²) in [5.74, 6) is 0.829. The first-order chi connectivity index (χ1) is 18.5. The fraction of sp³-hybridized carbons (Fsp3) is 0.290. The normalized spacial score (nSPS) is 14.0. The Labute approximate surface area is 228 Å². The van der Waals surface area contributed by atoms with E-state index >= 15 is 0 Å². The number of fused-ring (bicyclic) bond motifs is 1. The van der Waals surface area contributed by atoms with Crippen LogP contribution in [-0.4, -0.2) is 48.0 Å². The number of carbonyl (C=O) groups excluding carboxylic acids is 2. The quantitative estimate of drug-likeness (QED) is 0.325. The molecule has 1 fully saturated rings. The zero-order valence-electron chi connectivity index (χ0n) is 21.5. The maximum atomic E-state index is 13.7. The predicted molar refractivity (Wildman–Crippen MR) is 151 cm³/mol. The predicted octanol–water partition coefficient (Wildman–Crippen LogP) is 5.56. The number of rotatable bonds is 8. The molecule has 5 rings (SSSR count). The lowest BCUT2D eigenvalue weighted by Gasteiger charge is -2.31. The van der Waals surface area contributed by atoms with E-state index in [1.165, 1.54) is 0 Å². The molecular weight excluding hydrogens is 498 g/mol. The van der Waals surface area contributed by atoms with E-state index in [-0.39, 0.29) is 17.7 Å². The first kappa shape index (κ1) is 25.9. The molecule has 6 nitrogen and oxygen atoms in total. The van der Waals surface area contributed by atoms with Crippen molar-refractivity contribution in [2.75, 3.05) is 26.7 Å². The molecular formula is C31H32ClN3O3. The van der Waals surface area contributed by atoms with Crippen LogP contribution in [0.15, 0.2) is 78.9 Å². The molecule has 0 atom stereocenters. The highest BCUT2D eigenvalue weighted by Gasteiger charge is 2.29. The summed E-state index contributed by atoms with van der Waals surface area (Å²) < 4.78 is 7.28. The summed E-state index contributed by atoms with van der Waals surface area (Å²) in [6.45, 7) is 2.31. The van der Waals surface area contributed by atoms with Gasteiger partial charge in [-0.1, -0.05) is 54.1 Å². The third-order valence-electron chi connectivity index (χ3n) is 7.31. The van der Waals surface area contributed by atoms with E-state index in [9.17, 15) is 9.59 Å². The second-order valence-corrected chi connectivity index (χ2v) is 10.2. The Morgan fingerprint density at radius 1 is 0.947 bits per heavy atom. The van der Waals surface area contributed by atoms with Gasteiger partial charge in [0.15, 0.2) is 0 Å². The number of nitrogens with one attached hydrogen (secondary N) is 1. The topological polar surface area (TPSA) is 63.6 Å². The van der Waals surface area contributed by atoms with Crippen molar-refractivity contribution >= 4 is 34.3 Å². The summed E-state index contributed by atoms with van der Waals surface area (Å²) in [5.41, 5.74) is 3.93. The van der Waals surface area contributed by atoms with Crippen molar-refractivity contribution in [2.24, 2.45) is 5.92 Å². The van der Waals surface area contributed by atoms with Gasteiger partial charge < -0.3 is 19.5 Å². The van der Waals surface area contributed by atoms with Crippen LogP contribution in [0.25, 0.3) is 10.9 Å². The molecule has 7 heteroatoms. The van der Waals surface area contributed by atoms with E-state index in [0.29, 0.717) is 49.7 Å². The van der Waals surface area contributed by atoms with Crippen LogP contribution in [0.2, 0.25) is 5.02 Å². The molecule has 0 aliphatic carbocycles. The number of benzene rings is 3. The van der Waals surface area contributed by atoms with Crippen LogP contribution in [0.1, 0.15) is 34.5 Å². The van der Waals surface area contributed by atoms with Crippen molar-refractivity contribution < 1.29 is 14.3 Å². The molecule has 1 N–H and O–H groups in total. The molecule has 0 bridgehead atoms. The molecule has 1 aromatic heterocycles. The van der Waals surface area contributed by atoms with Crippen molar-refractivity contribution in [3.05, 3.63) is 101 Å². The maximum Gasteiger partial charge on any atom is 0.270 e. The van der Waals surface area contributed by atoms with Gasteiger partial charge in [0, 0.05) is 48.0 Å². The van der Waals surface area contributed by atoms with Crippen LogP contribution >= 0.6 is 11.6 Å². The Hall–Kier alpha value is -3.77. The smallest absolute Gasteiger partial charge is 0.270 e. The van der Waals surface area contributed by atoms with E-state index in [4.69, 9.17) is 16.3 Å². The number of nitrogens with zero attached hydrogens (tertiary/aromatic N) is 2. The number of carbonyl (C=O) groups is 2. The molecule has 1 saturated heterocycles. The number of hydrogen-bond acceptors (Lipinski definition) is 3. The molecule has 2 heterocycles. The summed E-state index contributed by atoms with van der Waals surface area (Å²) in [6, 6.07) is 25.7. The monoisotopic (exact) mass is 529 g/mol. The highest BCUT2D eigenvalue weighted by Crippen LogP contribution is 2.25. The third-order valence-corrected chi connectivity index (χ3v) is 7.56. The molecule has 4 aromatic rings. The van der Waals surface area contributed by atoms with Gasteiger partial charge in [-0.3, -0.25) is 9.59 Å². The lowest BCUT2D eigenvalue weighted by Crippen LogP contribution is -2.43. The van der Waals surface area contributed by atoms with Crippen LogP contribution in [0.5, 0.6) is 5.75 Å². The van der Waals surface area contributed by atoms with Crippen LogP contribution < -0.4 is 10.1 Å².